The van der Waals surface area contributed by atoms with Gasteiger partial charge in [0.25, 0.3) is 8.32 Å². The molecule has 0 bridgehead atoms. The molecule has 0 aliphatic carbocycles. The first kappa shape index (κ1) is 28.3. The Hall–Kier alpha value is -1.29. The minimum absolute atomic E-state index is 0.0225. The van der Waals surface area contributed by atoms with E-state index in [0.29, 0.717) is 13.0 Å². The summed E-state index contributed by atoms with van der Waals surface area (Å²) >= 11 is 0. The van der Waals surface area contributed by atoms with Gasteiger partial charge in [-0.25, -0.2) is 0 Å². The van der Waals surface area contributed by atoms with E-state index in [1.54, 1.807) is 0 Å². The Labute approximate surface area is 215 Å². The van der Waals surface area contributed by atoms with Crippen molar-refractivity contribution in [2.75, 3.05) is 13.2 Å². The second-order valence-corrected chi connectivity index (χ2v) is 21.4. The fourth-order valence-corrected chi connectivity index (χ4v) is 10.7. The van der Waals surface area contributed by atoms with Gasteiger partial charge in [0.15, 0.2) is 8.32 Å². The SMILES string of the molecule is CC(C)(C)[Si](C)(C)O[C@@H](CCO[Si](c1ccccc1)(c1ccccc1)C(C)(C)C)[C@@H]1O[C@H]1CCO. The largest absolute Gasteiger partial charge is 0.411 e. The van der Waals surface area contributed by atoms with Crippen LogP contribution in [0.25, 0.3) is 0 Å². The highest BCUT2D eigenvalue weighted by atomic mass is 28.4. The van der Waals surface area contributed by atoms with Gasteiger partial charge in [-0.05, 0) is 46.4 Å². The molecule has 1 fully saturated rings. The lowest BCUT2D eigenvalue weighted by Crippen LogP contribution is -2.66. The normalized spacial score (nSPS) is 20.0. The van der Waals surface area contributed by atoms with Crippen LogP contribution >= 0.6 is 0 Å². The average Bonchev–Trinajstić information content (AvgIpc) is 3.55. The molecule has 4 nitrogen and oxygen atoms in total. The van der Waals surface area contributed by atoms with Crippen molar-refractivity contribution < 1.29 is 18.7 Å². The topological polar surface area (TPSA) is 51.2 Å². The van der Waals surface area contributed by atoms with E-state index in [-0.39, 0.29) is 35.0 Å². The van der Waals surface area contributed by atoms with E-state index in [1.807, 2.05) is 0 Å². The first-order valence-corrected chi connectivity index (χ1v) is 17.8. The smallest absolute Gasteiger partial charge is 0.261 e. The van der Waals surface area contributed by atoms with Crippen molar-refractivity contribution >= 4 is 27.0 Å². The number of rotatable bonds is 11. The van der Waals surface area contributed by atoms with E-state index in [0.717, 1.165) is 6.42 Å². The van der Waals surface area contributed by atoms with Gasteiger partial charge in [0, 0.05) is 13.2 Å². The summed E-state index contributed by atoms with van der Waals surface area (Å²) in [7, 11) is -4.57. The van der Waals surface area contributed by atoms with Crippen molar-refractivity contribution in [1.82, 2.24) is 0 Å². The molecule has 2 aromatic carbocycles. The van der Waals surface area contributed by atoms with Gasteiger partial charge in [-0.3, -0.25) is 0 Å². The van der Waals surface area contributed by atoms with Crippen molar-refractivity contribution in [3.63, 3.8) is 0 Å². The quantitative estimate of drug-likeness (QED) is 0.318. The van der Waals surface area contributed by atoms with Crippen LogP contribution in [0.5, 0.6) is 0 Å². The maximum atomic E-state index is 9.43. The van der Waals surface area contributed by atoms with Crippen LogP contribution in [-0.4, -0.2) is 53.3 Å². The zero-order chi connectivity index (χ0) is 25.9. The van der Waals surface area contributed by atoms with Crippen LogP contribution in [0, 0.1) is 0 Å². The Morgan fingerprint density at radius 2 is 1.37 bits per heavy atom. The first-order valence-electron chi connectivity index (χ1n) is 13.0. The standard InChI is InChI=1S/C29H46O4Si2/c1-28(2,3)34(7,8)33-26(27-25(32-27)19-21-30)20-22-31-35(29(4,5)6,23-15-11-9-12-16-23)24-17-13-10-14-18-24/h9-18,25-27,30H,19-22H2,1-8H3/t25-,26-,27+/m0/s1. The van der Waals surface area contributed by atoms with E-state index in [4.69, 9.17) is 13.6 Å². The van der Waals surface area contributed by atoms with Gasteiger partial charge in [0.1, 0.15) is 6.10 Å². The molecule has 0 saturated carbocycles. The lowest BCUT2D eigenvalue weighted by atomic mass is 10.1. The summed E-state index contributed by atoms with van der Waals surface area (Å²) in [5, 5.41) is 12.1. The number of hydrogen-bond donors (Lipinski definition) is 1. The molecule has 0 radical (unpaired) electrons. The zero-order valence-corrected chi connectivity index (χ0v) is 25.0. The molecule has 1 aliphatic rings. The number of ether oxygens (including phenoxy) is 1. The lowest BCUT2D eigenvalue weighted by molar-refractivity contribution is 0.113. The molecule has 1 N–H and O–H groups in total. The number of benzene rings is 2. The van der Waals surface area contributed by atoms with Crippen molar-refractivity contribution in [3.05, 3.63) is 60.7 Å². The van der Waals surface area contributed by atoms with Crippen LogP contribution < -0.4 is 10.4 Å². The maximum absolute atomic E-state index is 9.43. The molecular weight excluding hydrogens is 468 g/mol. The molecule has 0 unspecified atom stereocenters. The van der Waals surface area contributed by atoms with Crippen LogP contribution in [0.15, 0.2) is 60.7 Å². The Balaban J connectivity index is 1.89. The predicted molar refractivity (Wildman–Crippen MR) is 151 cm³/mol. The highest BCUT2D eigenvalue weighted by Gasteiger charge is 2.52. The molecule has 3 atom stereocenters. The molecule has 1 aliphatic heterocycles. The average molecular weight is 515 g/mol. The van der Waals surface area contributed by atoms with Crippen LogP contribution in [0.4, 0.5) is 0 Å². The number of aliphatic hydroxyl groups excluding tert-OH is 1. The molecule has 1 heterocycles. The van der Waals surface area contributed by atoms with Crippen molar-refractivity contribution in [1.29, 1.82) is 0 Å². The molecule has 0 spiro atoms. The van der Waals surface area contributed by atoms with E-state index in [2.05, 4.69) is 115 Å². The highest BCUT2D eigenvalue weighted by molar-refractivity contribution is 6.99. The van der Waals surface area contributed by atoms with Gasteiger partial charge < -0.3 is 18.7 Å². The Morgan fingerprint density at radius 3 is 1.80 bits per heavy atom. The van der Waals surface area contributed by atoms with Crippen LogP contribution in [0.2, 0.25) is 23.2 Å². The van der Waals surface area contributed by atoms with Crippen molar-refractivity contribution in [2.24, 2.45) is 0 Å². The van der Waals surface area contributed by atoms with Gasteiger partial charge >= 0.3 is 0 Å². The molecule has 2 aromatic rings. The first-order chi connectivity index (χ1) is 16.3. The number of epoxide rings is 1. The van der Waals surface area contributed by atoms with E-state index >= 15 is 0 Å². The third-order valence-electron chi connectivity index (χ3n) is 7.79. The van der Waals surface area contributed by atoms with Crippen molar-refractivity contribution in [2.45, 2.75) is 95.9 Å². The van der Waals surface area contributed by atoms with E-state index in [9.17, 15) is 5.11 Å². The van der Waals surface area contributed by atoms with Crippen molar-refractivity contribution in [3.8, 4) is 0 Å². The minimum atomic E-state index is -2.58. The maximum Gasteiger partial charge on any atom is 0.261 e. The summed E-state index contributed by atoms with van der Waals surface area (Å²) in [4.78, 5) is 0. The summed E-state index contributed by atoms with van der Waals surface area (Å²) in [5.41, 5.74) is 0. The molecular formula is C29H46O4Si2. The predicted octanol–water partition coefficient (Wildman–Crippen LogP) is 5.49. The van der Waals surface area contributed by atoms with Gasteiger partial charge in [-0.2, -0.15) is 0 Å². The summed E-state index contributed by atoms with van der Waals surface area (Å²) in [6.07, 6.45) is 1.55. The fraction of sp³-hybridized carbons (Fsp3) is 0.586. The monoisotopic (exact) mass is 514 g/mol. The molecule has 1 saturated heterocycles. The molecule has 6 heteroatoms. The summed E-state index contributed by atoms with van der Waals surface area (Å²) in [5.74, 6) is 0. The zero-order valence-electron chi connectivity index (χ0n) is 23.0. The van der Waals surface area contributed by atoms with E-state index < -0.39 is 16.6 Å². The molecule has 3 rings (SSSR count). The second-order valence-electron chi connectivity index (χ2n) is 12.4. The number of hydrogen-bond acceptors (Lipinski definition) is 4. The second kappa shape index (κ2) is 11.0. The Bertz CT molecular complexity index is 880. The van der Waals surface area contributed by atoms with Gasteiger partial charge in [0.05, 0.1) is 12.2 Å². The summed E-state index contributed by atoms with van der Waals surface area (Å²) in [6.45, 7) is 19.1. The highest BCUT2D eigenvalue weighted by Crippen LogP contribution is 2.42. The number of aliphatic hydroxyl groups is 1. The van der Waals surface area contributed by atoms with Gasteiger partial charge in [-0.15, -0.1) is 0 Å². The summed E-state index contributed by atoms with van der Waals surface area (Å²) in [6, 6.07) is 21.6. The van der Waals surface area contributed by atoms with Gasteiger partial charge in [0.2, 0.25) is 0 Å². The summed E-state index contributed by atoms with van der Waals surface area (Å²) < 4.78 is 20.0. The lowest BCUT2D eigenvalue weighted by Gasteiger charge is -2.43. The van der Waals surface area contributed by atoms with Crippen LogP contribution in [0.3, 0.4) is 0 Å². The fourth-order valence-electron chi connectivity index (χ4n) is 4.78. The Morgan fingerprint density at radius 1 is 0.857 bits per heavy atom. The third-order valence-corrected chi connectivity index (χ3v) is 17.3. The Kier molecular flexibility index (Phi) is 8.88. The molecule has 0 aromatic heterocycles. The van der Waals surface area contributed by atoms with Crippen LogP contribution in [0.1, 0.15) is 54.4 Å². The molecule has 0 amide bonds. The third kappa shape index (κ3) is 6.35. The minimum Gasteiger partial charge on any atom is -0.411 e. The van der Waals surface area contributed by atoms with Crippen LogP contribution in [-0.2, 0) is 13.6 Å². The van der Waals surface area contributed by atoms with Gasteiger partial charge in [-0.1, -0.05) is 102 Å². The molecule has 35 heavy (non-hydrogen) atoms. The molecule has 194 valence electrons. The van der Waals surface area contributed by atoms with E-state index in [1.165, 1.54) is 10.4 Å².